The molecular formula is C14H16O3. The molecule has 0 amide bonds. The Hall–Kier alpha value is -1.77. The molecule has 0 saturated heterocycles. The molecule has 3 nitrogen and oxygen atoms in total. The Morgan fingerprint density at radius 2 is 2.18 bits per heavy atom. The summed E-state index contributed by atoms with van der Waals surface area (Å²) in [7, 11) is 0. The molecule has 17 heavy (non-hydrogen) atoms. The molecule has 1 aromatic heterocycles. The lowest BCUT2D eigenvalue weighted by Gasteiger charge is -2.08. The van der Waals surface area contributed by atoms with E-state index in [0.717, 1.165) is 11.1 Å². The lowest BCUT2D eigenvalue weighted by molar-refractivity contribution is 0.101. The number of ketones is 1. The summed E-state index contributed by atoms with van der Waals surface area (Å²) < 4.78 is 11.0. The number of carbonyl (C=O) groups is 1. The van der Waals surface area contributed by atoms with Crippen molar-refractivity contribution in [2.45, 2.75) is 20.8 Å². The Bertz CT molecular complexity index is 537. The van der Waals surface area contributed by atoms with E-state index in [-0.39, 0.29) is 5.78 Å². The number of hydrogen-bond donors (Lipinski definition) is 0. The molecule has 0 unspecified atom stereocenters. The van der Waals surface area contributed by atoms with E-state index in [9.17, 15) is 4.79 Å². The highest BCUT2D eigenvalue weighted by molar-refractivity contribution is 6.06. The van der Waals surface area contributed by atoms with E-state index in [2.05, 4.69) is 13.8 Å². The number of Topliss-reactive ketones (excluding diaryl/α,β-unsaturated/α-hetero) is 1. The maximum absolute atomic E-state index is 11.3. The van der Waals surface area contributed by atoms with Crippen LogP contribution in [0.3, 0.4) is 0 Å². The van der Waals surface area contributed by atoms with Crippen molar-refractivity contribution in [3.05, 3.63) is 30.0 Å². The Balaban J connectivity index is 2.29. The first-order chi connectivity index (χ1) is 8.08. The van der Waals surface area contributed by atoms with Gasteiger partial charge in [0.15, 0.2) is 5.78 Å². The van der Waals surface area contributed by atoms with Gasteiger partial charge in [-0.1, -0.05) is 13.8 Å². The lowest BCUT2D eigenvalue weighted by atomic mass is 10.1. The van der Waals surface area contributed by atoms with Crippen molar-refractivity contribution in [1.29, 1.82) is 0 Å². The van der Waals surface area contributed by atoms with E-state index in [4.69, 9.17) is 9.15 Å². The zero-order valence-corrected chi connectivity index (χ0v) is 10.3. The zero-order valence-electron chi connectivity index (χ0n) is 10.3. The van der Waals surface area contributed by atoms with Gasteiger partial charge in [0.05, 0.1) is 12.2 Å². The number of rotatable bonds is 4. The first kappa shape index (κ1) is 11.7. The third-order valence-corrected chi connectivity index (χ3v) is 2.51. The smallest absolute Gasteiger partial charge is 0.163 e. The second-order valence-corrected chi connectivity index (χ2v) is 4.57. The molecular weight excluding hydrogens is 216 g/mol. The molecule has 1 heterocycles. The van der Waals surface area contributed by atoms with Crippen molar-refractivity contribution < 1.29 is 13.9 Å². The van der Waals surface area contributed by atoms with Crippen LogP contribution < -0.4 is 4.74 Å². The third-order valence-electron chi connectivity index (χ3n) is 2.51. The van der Waals surface area contributed by atoms with Crippen LogP contribution in [0.5, 0.6) is 5.75 Å². The predicted molar refractivity (Wildman–Crippen MR) is 66.6 cm³/mol. The van der Waals surface area contributed by atoms with Gasteiger partial charge in [-0.05, 0) is 25.0 Å². The molecule has 90 valence electrons. The third kappa shape index (κ3) is 2.49. The van der Waals surface area contributed by atoms with Crippen molar-refractivity contribution >= 4 is 16.8 Å². The van der Waals surface area contributed by atoms with Crippen molar-refractivity contribution in [3.63, 3.8) is 0 Å². The van der Waals surface area contributed by atoms with Crippen LogP contribution in [0.25, 0.3) is 11.0 Å². The Morgan fingerprint density at radius 1 is 1.41 bits per heavy atom. The molecule has 2 aromatic rings. The van der Waals surface area contributed by atoms with Crippen molar-refractivity contribution in [1.82, 2.24) is 0 Å². The van der Waals surface area contributed by atoms with Crippen LogP contribution in [0.1, 0.15) is 31.1 Å². The van der Waals surface area contributed by atoms with Gasteiger partial charge in [0.2, 0.25) is 0 Å². The molecule has 0 fully saturated rings. The fourth-order valence-electron chi connectivity index (χ4n) is 1.63. The number of ether oxygens (including phenoxy) is 1. The van der Waals surface area contributed by atoms with E-state index in [1.807, 2.05) is 18.2 Å². The minimum Gasteiger partial charge on any atom is -0.493 e. The average molecular weight is 232 g/mol. The van der Waals surface area contributed by atoms with Crippen LogP contribution in [-0.4, -0.2) is 12.4 Å². The van der Waals surface area contributed by atoms with Gasteiger partial charge in [-0.15, -0.1) is 0 Å². The standard InChI is InChI=1S/C14H16O3/c1-9(2)7-16-11-4-5-12-13(10(3)15)8-17-14(12)6-11/h4-6,8-9H,7H2,1-3H3. The van der Waals surface area contributed by atoms with Gasteiger partial charge < -0.3 is 9.15 Å². The summed E-state index contributed by atoms with van der Waals surface area (Å²) in [5, 5.41) is 0.842. The number of fused-ring (bicyclic) bond motifs is 1. The average Bonchev–Trinajstić information content (AvgIpc) is 2.69. The summed E-state index contributed by atoms with van der Waals surface area (Å²) in [5.41, 5.74) is 1.31. The monoisotopic (exact) mass is 232 g/mol. The molecule has 0 N–H and O–H groups in total. The van der Waals surface area contributed by atoms with E-state index < -0.39 is 0 Å². The quantitative estimate of drug-likeness (QED) is 0.755. The fourth-order valence-corrected chi connectivity index (χ4v) is 1.63. The van der Waals surface area contributed by atoms with Crippen molar-refractivity contribution in [2.75, 3.05) is 6.61 Å². The normalized spacial score (nSPS) is 11.1. The molecule has 0 atom stereocenters. The van der Waals surface area contributed by atoms with Crippen LogP contribution in [0, 0.1) is 5.92 Å². The highest BCUT2D eigenvalue weighted by Gasteiger charge is 2.10. The summed E-state index contributed by atoms with van der Waals surface area (Å²) >= 11 is 0. The maximum atomic E-state index is 11.3. The predicted octanol–water partition coefficient (Wildman–Crippen LogP) is 3.67. The molecule has 0 aliphatic carbocycles. The van der Waals surface area contributed by atoms with Crippen molar-refractivity contribution in [2.24, 2.45) is 5.92 Å². The Labute approximate surface area is 100 Å². The summed E-state index contributed by atoms with van der Waals surface area (Å²) in [6, 6.07) is 5.56. The molecule has 0 spiro atoms. The van der Waals surface area contributed by atoms with Gasteiger partial charge in [-0.25, -0.2) is 0 Å². The highest BCUT2D eigenvalue weighted by atomic mass is 16.5. The van der Waals surface area contributed by atoms with Gasteiger partial charge in [0.25, 0.3) is 0 Å². The molecule has 3 heteroatoms. The largest absolute Gasteiger partial charge is 0.493 e. The lowest BCUT2D eigenvalue weighted by Crippen LogP contribution is -2.04. The summed E-state index contributed by atoms with van der Waals surface area (Å²) in [5.74, 6) is 1.27. The highest BCUT2D eigenvalue weighted by Crippen LogP contribution is 2.26. The molecule has 0 bridgehead atoms. The number of hydrogen-bond acceptors (Lipinski definition) is 3. The molecule has 1 aromatic carbocycles. The minimum atomic E-state index is 0.0135. The Kier molecular flexibility index (Phi) is 3.18. The second kappa shape index (κ2) is 4.62. The van der Waals surface area contributed by atoms with Crippen LogP contribution in [0.2, 0.25) is 0 Å². The zero-order chi connectivity index (χ0) is 12.4. The molecule has 0 aliphatic rings. The number of furan rings is 1. The molecule has 2 rings (SSSR count). The van der Waals surface area contributed by atoms with Gasteiger partial charge in [0.1, 0.15) is 17.6 Å². The maximum Gasteiger partial charge on any atom is 0.163 e. The molecule has 0 radical (unpaired) electrons. The van der Waals surface area contributed by atoms with Crippen LogP contribution >= 0.6 is 0 Å². The van der Waals surface area contributed by atoms with Gasteiger partial charge in [-0.3, -0.25) is 4.79 Å². The summed E-state index contributed by atoms with van der Waals surface area (Å²) in [6.07, 6.45) is 1.50. The fraction of sp³-hybridized carbons (Fsp3) is 0.357. The number of benzene rings is 1. The molecule has 0 aliphatic heterocycles. The van der Waals surface area contributed by atoms with E-state index >= 15 is 0 Å². The van der Waals surface area contributed by atoms with E-state index in [0.29, 0.717) is 23.7 Å². The topological polar surface area (TPSA) is 39.4 Å². The van der Waals surface area contributed by atoms with E-state index in [1.54, 1.807) is 0 Å². The van der Waals surface area contributed by atoms with Gasteiger partial charge in [0, 0.05) is 11.5 Å². The van der Waals surface area contributed by atoms with Gasteiger partial charge >= 0.3 is 0 Å². The first-order valence-electron chi connectivity index (χ1n) is 5.73. The summed E-state index contributed by atoms with van der Waals surface area (Å²) in [4.78, 5) is 11.3. The first-order valence-corrected chi connectivity index (χ1v) is 5.73. The van der Waals surface area contributed by atoms with Crippen LogP contribution in [0.15, 0.2) is 28.9 Å². The SMILES string of the molecule is CC(=O)c1coc2cc(OCC(C)C)ccc12. The van der Waals surface area contributed by atoms with Gasteiger partial charge in [-0.2, -0.15) is 0 Å². The van der Waals surface area contributed by atoms with Crippen LogP contribution in [0.4, 0.5) is 0 Å². The second-order valence-electron chi connectivity index (χ2n) is 4.57. The number of carbonyl (C=O) groups excluding carboxylic acids is 1. The van der Waals surface area contributed by atoms with Crippen molar-refractivity contribution in [3.8, 4) is 5.75 Å². The van der Waals surface area contributed by atoms with E-state index in [1.165, 1.54) is 13.2 Å². The minimum absolute atomic E-state index is 0.0135. The molecule has 0 saturated carbocycles. The van der Waals surface area contributed by atoms with Crippen LogP contribution in [-0.2, 0) is 0 Å². The summed E-state index contributed by atoms with van der Waals surface area (Å²) in [6.45, 7) is 6.40. The Morgan fingerprint density at radius 3 is 2.82 bits per heavy atom.